The minimum Gasteiger partial charge on any atom is -0.465 e. The van der Waals surface area contributed by atoms with Crippen molar-refractivity contribution in [1.82, 2.24) is 0 Å². The summed E-state index contributed by atoms with van der Waals surface area (Å²) in [7, 11) is 0. The molecular weight excluding hydrogens is 194 g/mol. The van der Waals surface area contributed by atoms with E-state index in [0.29, 0.717) is 18.9 Å². The maximum absolute atomic E-state index is 11.4. The van der Waals surface area contributed by atoms with Gasteiger partial charge in [0.1, 0.15) is 0 Å². The van der Waals surface area contributed by atoms with Crippen LogP contribution in [0, 0.1) is 11.8 Å². The van der Waals surface area contributed by atoms with Gasteiger partial charge in [-0.3, -0.25) is 4.79 Å². The van der Waals surface area contributed by atoms with Crippen LogP contribution < -0.4 is 0 Å². The summed E-state index contributed by atoms with van der Waals surface area (Å²) >= 11 is 0. The fraction of sp³-hybridized carbons (Fsp3) is 0.818. The van der Waals surface area contributed by atoms with Gasteiger partial charge in [0, 0.05) is 0 Å². The highest BCUT2D eigenvalue weighted by atomic mass is 16.5. The number of hydrogen-bond donors (Lipinski definition) is 1. The molecule has 0 saturated carbocycles. The summed E-state index contributed by atoms with van der Waals surface area (Å²) in [6.07, 6.45) is 3.93. The molecule has 4 nitrogen and oxygen atoms in total. The van der Waals surface area contributed by atoms with E-state index < -0.39 is 5.92 Å². The Balaban J connectivity index is 3.98. The van der Waals surface area contributed by atoms with Crippen LogP contribution in [0.5, 0.6) is 0 Å². The lowest BCUT2D eigenvalue weighted by atomic mass is 9.99. The zero-order valence-electron chi connectivity index (χ0n) is 9.77. The lowest BCUT2D eigenvalue weighted by molar-refractivity contribution is -0.145. The molecule has 0 aliphatic rings. The Morgan fingerprint density at radius 3 is 2.60 bits per heavy atom. The van der Waals surface area contributed by atoms with Gasteiger partial charge in [0.25, 0.3) is 0 Å². The Morgan fingerprint density at radius 2 is 2.13 bits per heavy atom. The van der Waals surface area contributed by atoms with E-state index in [0.717, 1.165) is 12.8 Å². The highest BCUT2D eigenvalue weighted by Crippen LogP contribution is 2.12. The van der Waals surface area contributed by atoms with Gasteiger partial charge in [0.15, 0.2) is 0 Å². The van der Waals surface area contributed by atoms with Gasteiger partial charge in [0.2, 0.25) is 0 Å². The molecule has 0 radical (unpaired) electrons. The number of hydrogen-bond acceptors (Lipinski definition) is 4. The predicted octanol–water partition coefficient (Wildman–Crippen LogP) is 2.45. The Morgan fingerprint density at radius 1 is 1.47 bits per heavy atom. The van der Waals surface area contributed by atoms with E-state index in [9.17, 15) is 4.79 Å². The molecule has 1 atom stereocenters. The zero-order valence-corrected chi connectivity index (χ0v) is 9.77. The minimum atomic E-state index is -0.409. The Hall–Kier alpha value is -1.06. The summed E-state index contributed by atoms with van der Waals surface area (Å²) in [6.45, 7) is 6.40. The van der Waals surface area contributed by atoms with Crippen LogP contribution in [0.25, 0.3) is 0 Å². The minimum absolute atomic E-state index is 0.306. The third-order valence-electron chi connectivity index (χ3n) is 2.13. The van der Waals surface area contributed by atoms with Crippen molar-refractivity contribution in [2.75, 3.05) is 6.61 Å². The Kier molecular flexibility index (Phi) is 7.68. The molecule has 88 valence electrons. The molecule has 0 aromatic carbocycles. The first-order valence-corrected chi connectivity index (χ1v) is 5.46. The highest BCUT2D eigenvalue weighted by Gasteiger charge is 2.17. The Labute approximate surface area is 91.3 Å². The second-order valence-electron chi connectivity index (χ2n) is 3.95. The first-order valence-electron chi connectivity index (χ1n) is 5.46. The van der Waals surface area contributed by atoms with Crippen molar-refractivity contribution in [3.05, 3.63) is 0 Å². The van der Waals surface area contributed by atoms with Crippen molar-refractivity contribution in [2.45, 2.75) is 40.0 Å². The van der Waals surface area contributed by atoms with Crippen LogP contribution in [0.15, 0.2) is 5.16 Å². The van der Waals surface area contributed by atoms with Crippen molar-refractivity contribution in [2.24, 2.45) is 17.0 Å². The van der Waals surface area contributed by atoms with Crippen LogP contribution in [0.3, 0.4) is 0 Å². The quantitative estimate of drug-likeness (QED) is 0.307. The first kappa shape index (κ1) is 13.9. The smallest absolute Gasteiger partial charge is 0.314 e. The van der Waals surface area contributed by atoms with Gasteiger partial charge in [-0.25, -0.2) is 0 Å². The van der Waals surface area contributed by atoms with Crippen LogP contribution >= 0.6 is 0 Å². The summed E-state index contributed by atoms with van der Waals surface area (Å²) < 4.78 is 4.87. The third-order valence-corrected chi connectivity index (χ3v) is 2.13. The number of oxime groups is 1. The van der Waals surface area contributed by atoms with E-state index in [1.54, 1.807) is 6.92 Å². The van der Waals surface area contributed by atoms with Crippen molar-refractivity contribution in [3.63, 3.8) is 0 Å². The largest absolute Gasteiger partial charge is 0.465 e. The average Bonchev–Trinajstić information content (AvgIpc) is 2.16. The van der Waals surface area contributed by atoms with E-state index in [1.165, 1.54) is 6.21 Å². The standard InChI is InChI=1S/C11H21NO3/c1-4-15-11(13)10(8-12-14)7-5-6-9(2)3/h8-10,14H,4-7H2,1-3H3/b12-8-. The SMILES string of the molecule is CCOC(=O)C(/C=N\O)CCCC(C)C. The Bertz CT molecular complexity index is 202. The zero-order chi connectivity index (χ0) is 11.7. The summed E-state index contributed by atoms with van der Waals surface area (Å²) in [5, 5.41) is 11.3. The predicted molar refractivity (Wildman–Crippen MR) is 59.1 cm³/mol. The van der Waals surface area contributed by atoms with Crippen LogP contribution in [0.4, 0.5) is 0 Å². The number of rotatable bonds is 7. The highest BCUT2D eigenvalue weighted by molar-refractivity contribution is 5.89. The second-order valence-corrected chi connectivity index (χ2v) is 3.95. The van der Waals surface area contributed by atoms with Crippen molar-refractivity contribution < 1.29 is 14.7 Å². The van der Waals surface area contributed by atoms with Gasteiger partial charge in [-0.2, -0.15) is 0 Å². The maximum atomic E-state index is 11.4. The van der Waals surface area contributed by atoms with Gasteiger partial charge < -0.3 is 9.94 Å². The molecule has 1 unspecified atom stereocenters. The molecule has 0 fully saturated rings. The van der Waals surface area contributed by atoms with E-state index in [2.05, 4.69) is 19.0 Å². The summed E-state index contributed by atoms with van der Waals surface area (Å²) in [5.41, 5.74) is 0. The molecule has 0 spiro atoms. The van der Waals surface area contributed by atoms with Crippen LogP contribution in [-0.4, -0.2) is 24.0 Å². The molecule has 0 heterocycles. The molecule has 0 aromatic heterocycles. The summed E-state index contributed by atoms with van der Waals surface area (Å²) in [6, 6.07) is 0. The lowest BCUT2D eigenvalue weighted by Crippen LogP contribution is -2.19. The van der Waals surface area contributed by atoms with Crippen LogP contribution in [0.1, 0.15) is 40.0 Å². The number of esters is 1. The molecule has 4 heteroatoms. The van der Waals surface area contributed by atoms with Crippen molar-refractivity contribution >= 4 is 12.2 Å². The van der Waals surface area contributed by atoms with E-state index >= 15 is 0 Å². The van der Waals surface area contributed by atoms with E-state index in [1.807, 2.05) is 0 Å². The summed E-state index contributed by atoms with van der Waals surface area (Å²) in [4.78, 5) is 11.4. The van der Waals surface area contributed by atoms with Gasteiger partial charge >= 0.3 is 5.97 Å². The van der Waals surface area contributed by atoms with E-state index in [4.69, 9.17) is 9.94 Å². The molecule has 0 aliphatic carbocycles. The van der Waals surface area contributed by atoms with Gasteiger partial charge in [-0.05, 0) is 19.3 Å². The van der Waals surface area contributed by atoms with Gasteiger partial charge in [-0.1, -0.05) is 26.7 Å². The number of ether oxygens (including phenoxy) is 1. The third kappa shape index (κ3) is 6.94. The topological polar surface area (TPSA) is 58.9 Å². The molecule has 0 bridgehead atoms. The molecule has 0 aromatic rings. The number of carbonyl (C=O) groups excluding carboxylic acids is 1. The van der Waals surface area contributed by atoms with Crippen LogP contribution in [0.2, 0.25) is 0 Å². The molecule has 0 rings (SSSR count). The van der Waals surface area contributed by atoms with Crippen molar-refractivity contribution in [1.29, 1.82) is 0 Å². The summed E-state index contributed by atoms with van der Waals surface area (Å²) in [5.74, 6) is -0.0910. The fourth-order valence-electron chi connectivity index (χ4n) is 1.33. The molecule has 0 aliphatic heterocycles. The molecular formula is C11H21NO3. The normalized spacial score (nSPS) is 13.3. The maximum Gasteiger partial charge on any atom is 0.314 e. The molecule has 0 saturated heterocycles. The molecule has 1 N–H and O–H groups in total. The first-order chi connectivity index (χ1) is 7.11. The monoisotopic (exact) mass is 215 g/mol. The van der Waals surface area contributed by atoms with E-state index in [-0.39, 0.29) is 5.97 Å². The average molecular weight is 215 g/mol. The molecule has 0 amide bonds. The fourth-order valence-corrected chi connectivity index (χ4v) is 1.33. The van der Waals surface area contributed by atoms with Crippen LogP contribution in [-0.2, 0) is 9.53 Å². The number of carbonyl (C=O) groups is 1. The molecule has 15 heavy (non-hydrogen) atoms. The van der Waals surface area contributed by atoms with Gasteiger partial charge in [0.05, 0.1) is 18.7 Å². The lowest BCUT2D eigenvalue weighted by Gasteiger charge is -2.11. The number of nitrogens with zero attached hydrogens (tertiary/aromatic N) is 1. The van der Waals surface area contributed by atoms with Gasteiger partial charge in [-0.15, -0.1) is 5.16 Å². The van der Waals surface area contributed by atoms with Crippen molar-refractivity contribution in [3.8, 4) is 0 Å². The second kappa shape index (κ2) is 8.26.